The predicted molar refractivity (Wildman–Crippen MR) is 94.7 cm³/mol. The number of hydrogen-bond acceptors (Lipinski definition) is 2. The second-order valence-corrected chi connectivity index (χ2v) is 6.26. The lowest BCUT2D eigenvalue weighted by atomic mass is 10.1. The molecule has 23 heavy (non-hydrogen) atoms. The van der Waals surface area contributed by atoms with Crippen LogP contribution in [0.2, 0.25) is 10.0 Å². The van der Waals surface area contributed by atoms with Crippen molar-refractivity contribution in [3.63, 3.8) is 0 Å². The van der Waals surface area contributed by atoms with Gasteiger partial charge in [-0.15, -0.1) is 0 Å². The number of amides is 2. The van der Waals surface area contributed by atoms with Crippen LogP contribution in [0, 0.1) is 0 Å². The lowest BCUT2D eigenvalue weighted by Gasteiger charge is -2.21. The van der Waals surface area contributed by atoms with Gasteiger partial charge in [0, 0.05) is 33.0 Å². The van der Waals surface area contributed by atoms with E-state index in [0.717, 1.165) is 24.8 Å². The number of rotatable bonds is 9. The van der Waals surface area contributed by atoms with Gasteiger partial charge in [-0.2, -0.15) is 0 Å². The molecule has 0 saturated carbocycles. The number of benzene rings is 1. The number of hydrogen-bond donors (Lipinski definition) is 1. The summed E-state index contributed by atoms with van der Waals surface area (Å²) in [4.78, 5) is 24.8. The molecule has 0 atom stereocenters. The average molecular weight is 359 g/mol. The summed E-state index contributed by atoms with van der Waals surface area (Å²) >= 11 is 11.9. The molecular weight excluding hydrogens is 335 g/mol. The molecule has 0 fully saturated rings. The van der Waals surface area contributed by atoms with Crippen LogP contribution in [0.3, 0.4) is 0 Å². The summed E-state index contributed by atoms with van der Waals surface area (Å²) in [7, 11) is 0. The molecule has 0 heterocycles. The van der Waals surface area contributed by atoms with Crippen LogP contribution in [-0.4, -0.2) is 29.8 Å². The van der Waals surface area contributed by atoms with Crippen molar-refractivity contribution in [3.8, 4) is 0 Å². The van der Waals surface area contributed by atoms with Gasteiger partial charge in [0.2, 0.25) is 11.8 Å². The predicted octanol–water partition coefficient (Wildman–Crippen LogP) is 4.04. The Labute approximate surface area is 148 Å². The van der Waals surface area contributed by atoms with Crippen molar-refractivity contribution in [2.75, 3.05) is 13.1 Å². The summed E-state index contributed by atoms with van der Waals surface area (Å²) < 4.78 is 0. The third kappa shape index (κ3) is 7.71. The highest BCUT2D eigenvalue weighted by Gasteiger charge is 2.12. The summed E-state index contributed by atoms with van der Waals surface area (Å²) in [6.45, 7) is 5.34. The molecule has 0 spiro atoms. The molecule has 0 radical (unpaired) electrons. The van der Waals surface area contributed by atoms with Crippen molar-refractivity contribution < 1.29 is 9.59 Å². The quantitative estimate of drug-likeness (QED) is 0.677. The molecular formula is C17H24Cl2N2O2. The van der Waals surface area contributed by atoms with E-state index < -0.39 is 0 Å². The SMILES string of the molecule is CCN(Cc1ccc(Cl)c(Cl)c1)C(=O)CCCCCNC(C)=O. The molecule has 0 aliphatic heterocycles. The van der Waals surface area contributed by atoms with Crippen molar-refractivity contribution in [1.82, 2.24) is 10.2 Å². The maximum atomic E-state index is 12.3. The average Bonchev–Trinajstić information content (AvgIpc) is 2.51. The molecule has 0 saturated heterocycles. The van der Waals surface area contributed by atoms with Gasteiger partial charge in [0.1, 0.15) is 0 Å². The molecule has 1 N–H and O–H groups in total. The number of carbonyl (C=O) groups excluding carboxylic acids is 2. The number of nitrogens with zero attached hydrogens (tertiary/aromatic N) is 1. The fourth-order valence-electron chi connectivity index (χ4n) is 2.24. The lowest BCUT2D eigenvalue weighted by molar-refractivity contribution is -0.131. The van der Waals surface area contributed by atoms with E-state index in [2.05, 4.69) is 5.32 Å². The third-order valence-electron chi connectivity index (χ3n) is 3.53. The Morgan fingerprint density at radius 3 is 2.48 bits per heavy atom. The first-order valence-electron chi connectivity index (χ1n) is 7.90. The molecule has 1 aromatic carbocycles. The number of carbonyl (C=O) groups is 2. The Bertz CT molecular complexity index is 535. The van der Waals surface area contributed by atoms with Crippen LogP contribution >= 0.6 is 23.2 Å². The first kappa shape index (κ1) is 19.8. The van der Waals surface area contributed by atoms with Crippen LogP contribution in [0.4, 0.5) is 0 Å². The van der Waals surface area contributed by atoms with Crippen LogP contribution in [0.5, 0.6) is 0 Å². The van der Waals surface area contributed by atoms with Crippen LogP contribution in [0.15, 0.2) is 18.2 Å². The number of nitrogens with one attached hydrogen (secondary N) is 1. The van der Waals surface area contributed by atoms with E-state index in [4.69, 9.17) is 23.2 Å². The standard InChI is InChI=1S/C17H24Cl2N2O2/c1-3-21(12-14-8-9-15(18)16(19)11-14)17(23)7-5-4-6-10-20-13(2)22/h8-9,11H,3-7,10,12H2,1-2H3,(H,20,22). The number of unbranched alkanes of at least 4 members (excludes halogenated alkanes) is 2. The lowest BCUT2D eigenvalue weighted by Crippen LogP contribution is -2.30. The molecule has 128 valence electrons. The molecule has 0 aromatic heterocycles. The molecule has 0 aliphatic rings. The van der Waals surface area contributed by atoms with Gasteiger partial charge in [0.05, 0.1) is 10.0 Å². The molecule has 1 aromatic rings. The summed E-state index contributed by atoms with van der Waals surface area (Å²) in [5, 5.41) is 3.78. The zero-order chi connectivity index (χ0) is 17.2. The van der Waals surface area contributed by atoms with Crippen LogP contribution in [-0.2, 0) is 16.1 Å². The molecule has 6 heteroatoms. The van der Waals surface area contributed by atoms with Gasteiger partial charge in [0.15, 0.2) is 0 Å². The highest BCUT2D eigenvalue weighted by Crippen LogP contribution is 2.23. The van der Waals surface area contributed by atoms with Crippen molar-refractivity contribution in [3.05, 3.63) is 33.8 Å². The molecule has 1 rings (SSSR count). The van der Waals surface area contributed by atoms with E-state index in [-0.39, 0.29) is 11.8 Å². The minimum atomic E-state index is -0.0140. The van der Waals surface area contributed by atoms with Crippen molar-refractivity contribution in [2.24, 2.45) is 0 Å². The summed E-state index contributed by atoms with van der Waals surface area (Å²) in [5.74, 6) is 0.123. The van der Waals surface area contributed by atoms with E-state index in [9.17, 15) is 9.59 Å². The van der Waals surface area contributed by atoms with Crippen LogP contribution in [0.1, 0.15) is 45.1 Å². The highest BCUT2D eigenvalue weighted by atomic mass is 35.5. The van der Waals surface area contributed by atoms with Gasteiger partial charge >= 0.3 is 0 Å². The van der Waals surface area contributed by atoms with E-state index in [1.54, 1.807) is 12.1 Å². The van der Waals surface area contributed by atoms with Crippen molar-refractivity contribution >= 4 is 35.0 Å². The molecule has 2 amide bonds. The summed E-state index contributed by atoms with van der Waals surface area (Å²) in [5.41, 5.74) is 0.972. The second-order valence-electron chi connectivity index (χ2n) is 5.45. The van der Waals surface area contributed by atoms with Crippen LogP contribution in [0.25, 0.3) is 0 Å². The smallest absolute Gasteiger partial charge is 0.222 e. The second kappa shape index (κ2) is 10.5. The first-order chi connectivity index (χ1) is 10.9. The van der Waals surface area contributed by atoms with Gasteiger partial charge in [-0.3, -0.25) is 9.59 Å². The maximum Gasteiger partial charge on any atom is 0.222 e. The van der Waals surface area contributed by atoms with E-state index >= 15 is 0 Å². The highest BCUT2D eigenvalue weighted by molar-refractivity contribution is 6.42. The largest absolute Gasteiger partial charge is 0.356 e. The third-order valence-corrected chi connectivity index (χ3v) is 4.27. The van der Waals surface area contributed by atoms with Crippen LogP contribution < -0.4 is 5.32 Å². The molecule has 0 unspecified atom stereocenters. The Morgan fingerprint density at radius 2 is 1.87 bits per heavy atom. The van der Waals surface area contributed by atoms with Gasteiger partial charge < -0.3 is 10.2 Å². The minimum absolute atomic E-state index is 0.0140. The van der Waals surface area contributed by atoms with Gasteiger partial charge in [-0.1, -0.05) is 35.7 Å². The zero-order valence-corrected chi connectivity index (χ0v) is 15.2. The van der Waals surface area contributed by atoms with Gasteiger partial charge in [-0.05, 0) is 37.5 Å². The van der Waals surface area contributed by atoms with Gasteiger partial charge in [-0.25, -0.2) is 0 Å². The Morgan fingerprint density at radius 1 is 1.13 bits per heavy atom. The number of halogens is 2. The maximum absolute atomic E-state index is 12.3. The summed E-state index contributed by atoms with van der Waals surface area (Å²) in [6, 6.07) is 5.43. The minimum Gasteiger partial charge on any atom is -0.356 e. The van der Waals surface area contributed by atoms with Crippen molar-refractivity contribution in [1.29, 1.82) is 0 Å². The first-order valence-corrected chi connectivity index (χ1v) is 8.65. The topological polar surface area (TPSA) is 49.4 Å². The van der Waals surface area contributed by atoms with Gasteiger partial charge in [0.25, 0.3) is 0 Å². The molecule has 4 nitrogen and oxygen atoms in total. The Kier molecular flexibility index (Phi) is 9.03. The van der Waals surface area contributed by atoms with Crippen molar-refractivity contribution in [2.45, 2.75) is 46.1 Å². The molecule has 0 bridgehead atoms. The fourth-order valence-corrected chi connectivity index (χ4v) is 2.56. The summed E-state index contributed by atoms with van der Waals surface area (Å²) in [6.07, 6.45) is 3.17. The zero-order valence-electron chi connectivity index (χ0n) is 13.7. The van der Waals surface area contributed by atoms with E-state index in [1.165, 1.54) is 6.92 Å². The normalized spacial score (nSPS) is 10.4. The monoisotopic (exact) mass is 358 g/mol. The fraction of sp³-hybridized carbons (Fsp3) is 0.529. The van der Waals surface area contributed by atoms with E-state index in [0.29, 0.717) is 36.1 Å². The van der Waals surface area contributed by atoms with E-state index in [1.807, 2.05) is 17.9 Å². The Hall–Kier alpha value is -1.26. The molecule has 0 aliphatic carbocycles. The Balaban J connectivity index is 2.37.